The van der Waals surface area contributed by atoms with E-state index in [1.807, 2.05) is 12.3 Å². The van der Waals surface area contributed by atoms with E-state index in [4.69, 9.17) is 0 Å². The van der Waals surface area contributed by atoms with E-state index < -0.39 is 0 Å². The first-order chi connectivity index (χ1) is 13.8. The number of benzene rings is 1. The fourth-order valence-electron chi connectivity index (χ4n) is 5.20. The average Bonchev–Trinajstić information content (AvgIpc) is 3.34. The van der Waals surface area contributed by atoms with Crippen molar-refractivity contribution in [2.45, 2.75) is 63.1 Å². The van der Waals surface area contributed by atoms with Crippen LogP contribution in [0.3, 0.4) is 0 Å². The van der Waals surface area contributed by atoms with Gasteiger partial charge in [0.2, 0.25) is 5.91 Å². The molecule has 3 heterocycles. The van der Waals surface area contributed by atoms with Crippen LogP contribution in [0.25, 0.3) is 0 Å². The maximum atomic E-state index is 13.6. The molecule has 2 aliphatic heterocycles. The van der Waals surface area contributed by atoms with Crippen LogP contribution in [-0.2, 0) is 17.8 Å². The summed E-state index contributed by atoms with van der Waals surface area (Å²) in [6.45, 7) is 3.55. The number of amides is 1. The fraction of sp³-hybridized carbons (Fsp3) is 0.565. The molecule has 0 bridgehead atoms. The van der Waals surface area contributed by atoms with Crippen molar-refractivity contribution in [3.63, 3.8) is 0 Å². The highest BCUT2D eigenvalue weighted by atomic mass is 16.2. The molecule has 1 amide bonds. The smallest absolute Gasteiger partial charge is 0.243 e. The summed E-state index contributed by atoms with van der Waals surface area (Å²) in [4.78, 5) is 22.8. The SMILES string of the molecule is O=C1N(CCc2ccccc2)CCCC12CCCN2Cc1nccn1C1CC1. The number of nitrogens with zero attached hydrogens (tertiary/aromatic N) is 4. The first-order valence-electron chi connectivity index (χ1n) is 10.9. The molecule has 0 radical (unpaired) electrons. The van der Waals surface area contributed by atoms with Gasteiger partial charge in [0.25, 0.3) is 0 Å². The number of imidazole rings is 1. The number of hydrogen-bond donors (Lipinski definition) is 0. The maximum absolute atomic E-state index is 13.6. The lowest BCUT2D eigenvalue weighted by atomic mass is 9.85. The molecule has 28 heavy (non-hydrogen) atoms. The Kier molecular flexibility index (Phi) is 4.71. The average molecular weight is 379 g/mol. The van der Waals surface area contributed by atoms with Gasteiger partial charge in [-0.2, -0.15) is 0 Å². The number of piperidine rings is 1. The minimum Gasteiger partial charge on any atom is -0.341 e. The second-order valence-corrected chi connectivity index (χ2v) is 8.67. The number of hydrogen-bond acceptors (Lipinski definition) is 3. The third-order valence-electron chi connectivity index (χ3n) is 6.86. The van der Waals surface area contributed by atoms with Crippen LogP contribution >= 0.6 is 0 Å². The third kappa shape index (κ3) is 3.26. The summed E-state index contributed by atoms with van der Waals surface area (Å²) in [6.07, 6.45) is 11.7. The summed E-state index contributed by atoms with van der Waals surface area (Å²) in [6, 6.07) is 11.2. The molecule has 1 unspecified atom stereocenters. The summed E-state index contributed by atoms with van der Waals surface area (Å²) in [5, 5.41) is 0. The van der Waals surface area contributed by atoms with Crippen molar-refractivity contribution in [2.75, 3.05) is 19.6 Å². The molecule has 2 aromatic rings. The van der Waals surface area contributed by atoms with E-state index in [0.717, 1.165) is 64.1 Å². The molecule has 1 saturated carbocycles. The van der Waals surface area contributed by atoms with Crippen LogP contribution in [0.5, 0.6) is 0 Å². The lowest BCUT2D eigenvalue weighted by Crippen LogP contribution is -2.60. The van der Waals surface area contributed by atoms with Gasteiger partial charge in [-0.15, -0.1) is 0 Å². The molecule has 1 atom stereocenters. The zero-order valence-corrected chi connectivity index (χ0v) is 16.6. The van der Waals surface area contributed by atoms with Gasteiger partial charge >= 0.3 is 0 Å². The van der Waals surface area contributed by atoms with Crippen molar-refractivity contribution in [1.29, 1.82) is 0 Å². The standard InChI is InChI=1S/C23H30N4O/c28-22-23(11-4-14-25(22)16-10-19-6-2-1-3-7-19)12-5-15-26(23)18-21-24-13-17-27(21)20-8-9-20/h1-3,6-7,13,17,20H,4-5,8-12,14-16,18H2. The zero-order valence-electron chi connectivity index (χ0n) is 16.6. The van der Waals surface area contributed by atoms with Crippen LogP contribution in [0.1, 0.15) is 56.0 Å². The van der Waals surface area contributed by atoms with Crippen LogP contribution < -0.4 is 0 Å². The van der Waals surface area contributed by atoms with Gasteiger partial charge in [-0.25, -0.2) is 4.98 Å². The van der Waals surface area contributed by atoms with Crippen LogP contribution in [-0.4, -0.2) is 50.4 Å². The second kappa shape index (κ2) is 7.36. The van der Waals surface area contributed by atoms with Gasteiger partial charge in [0.05, 0.1) is 6.54 Å². The molecule has 1 aliphatic carbocycles. The quantitative estimate of drug-likeness (QED) is 0.773. The highest BCUT2D eigenvalue weighted by Gasteiger charge is 2.50. The van der Waals surface area contributed by atoms with Crippen molar-refractivity contribution < 1.29 is 4.79 Å². The summed E-state index contributed by atoms with van der Waals surface area (Å²) in [7, 11) is 0. The number of aromatic nitrogens is 2. The number of carbonyl (C=O) groups excluding carboxylic acids is 1. The molecular weight excluding hydrogens is 348 g/mol. The van der Waals surface area contributed by atoms with Crippen LogP contribution in [0.2, 0.25) is 0 Å². The predicted octanol–water partition coefficient (Wildman–Crippen LogP) is 3.42. The summed E-state index contributed by atoms with van der Waals surface area (Å²) in [5.74, 6) is 1.50. The molecule has 1 aromatic heterocycles. The Hall–Kier alpha value is -2.14. The topological polar surface area (TPSA) is 41.4 Å². The van der Waals surface area contributed by atoms with Crippen molar-refractivity contribution in [3.05, 3.63) is 54.1 Å². The molecule has 2 saturated heterocycles. The molecule has 3 fully saturated rings. The van der Waals surface area contributed by atoms with Crippen LogP contribution in [0.15, 0.2) is 42.7 Å². The van der Waals surface area contributed by atoms with Gasteiger partial charge in [0.15, 0.2) is 0 Å². The van der Waals surface area contributed by atoms with Crippen molar-refractivity contribution in [1.82, 2.24) is 19.4 Å². The van der Waals surface area contributed by atoms with Gasteiger partial charge < -0.3 is 9.47 Å². The molecular formula is C23H30N4O. The first kappa shape index (κ1) is 17.9. The van der Waals surface area contributed by atoms with E-state index in [1.165, 1.54) is 18.4 Å². The predicted molar refractivity (Wildman–Crippen MR) is 109 cm³/mol. The Morgan fingerprint density at radius 3 is 2.64 bits per heavy atom. The molecule has 5 heteroatoms. The lowest BCUT2D eigenvalue weighted by molar-refractivity contribution is -0.147. The summed E-state index contributed by atoms with van der Waals surface area (Å²) in [5.41, 5.74) is 1.01. The van der Waals surface area contributed by atoms with E-state index in [2.05, 4.69) is 49.8 Å². The monoisotopic (exact) mass is 378 g/mol. The fourth-order valence-corrected chi connectivity index (χ4v) is 5.20. The Morgan fingerprint density at radius 1 is 1.07 bits per heavy atom. The molecule has 5 rings (SSSR count). The van der Waals surface area contributed by atoms with Crippen LogP contribution in [0, 0.1) is 0 Å². The van der Waals surface area contributed by atoms with E-state index in [0.29, 0.717) is 11.9 Å². The lowest BCUT2D eigenvalue weighted by Gasteiger charge is -2.44. The Labute approximate surface area is 167 Å². The minimum atomic E-state index is -0.296. The van der Waals surface area contributed by atoms with Gasteiger partial charge in [-0.05, 0) is 57.1 Å². The zero-order chi connectivity index (χ0) is 19.0. The highest BCUT2D eigenvalue weighted by Crippen LogP contribution is 2.40. The molecule has 5 nitrogen and oxygen atoms in total. The van der Waals surface area contributed by atoms with E-state index in [-0.39, 0.29) is 5.54 Å². The maximum Gasteiger partial charge on any atom is 0.243 e. The first-order valence-corrected chi connectivity index (χ1v) is 10.9. The van der Waals surface area contributed by atoms with Gasteiger partial charge in [-0.3, -0.25) is 9.69 Å². The van der Waals surface area contributed by atoms with Crippen molar-refractivity contribution in [3.8, 4) is 0 Å². The Morgan fingerprint density at radius 2 is 1.86 bits per heavy atom. The molecule has 1 aromatic carbocycles. The third-order valence-corrected chi connectivity index (χ3v) is 6.86. The summed E-state index contributed by atoms with van der Waals surface area (Å²) >= 11 is 0. The van der Waals surface area contributed by atoms with E-state index >= 15 is 0 Å². The van der Waals surface area contributed by atoms with Crippen molar-refractivity contribution in [2.24, 2.45) is 0 Å². The van der Waals surface area contributed by atoms with Crippen LogP contribution in [0.4, 0.5) is 0 Å². The van der Waals surface area contributed by atoms with Crippen molar-refractivity contribution >= 4 is 5.91 Å². The van der Waals surface area contributed by atoms with Gasteiger partial charge in [0, 0.05) is 31.5 Å². The van der Waals surface area contributed by atoms with Gasteiger partial charge in [0.1, 0.15) is 11.4 Å². The number of carbonyl (C=O) groups is 1. The molecule has 0 N–H and O–H groups in total. The normalized spacial score (nSPS) is 25.7. The van der Waals surface area contributed by atoms with E-state index in [1.54, 1.807) is 0 Å². The molecule has 1 spiro atoms. The summed E-state index contributed by atoms with van der Waals surface area (Å²) < 4.78 is 2.34. The highest BCUT2D eigenvalue weighted by molar-refractivity contribution is 5.87. The van der Waals surface area contributed by atoms with E-state index in [9.17, 15) is 4.79 Å². The molecule has 148 valence electrons. The number of likely N-dealkylation sites (tertiary alicyclic amines) is 2. The Balaban J connectivity index is 1.30. The number of rotatable bonds is 6. The van der Waals surface area contributed by atoms with Gasteiger partial charge in [-0.1, -0.05) is 30.3 Å². The minimum absolute atomic E-state index is 0.296. The molecule has 3 aliphatic rings. The Bertz CT molecular complexity index is 828. The largest absolute Gasteiger partial charge is 0.341 e. The second-order valence-electron chi connectivity index (χ2n) is 8.67.